The first-order valence-corrected chi connectivity index (χ1v) is 10.5. The van der Waals surface area contributed by atoms with Crippen molar-refractivity contribution in [3.63, 3.8) is 0 Å². The predicted octanol–water partition coefficient (Wildman–Crippen LogP) is 2.08. The van der Waals surface area contributed by atoms with Crippen LogP contribution in [0.3, 0.4) is 0 Å². The Labute approximate surface area is 188 Å². The third kappa shape index (κ3) is 4.38. The van der Waals surface area contributed by atoms with Crippen molar-refractivity contribution in [1.82, 2.24) is 18.7 Å². The highest BCUT2D eigenvalue weighted by Crippen LogP contribution is 2.16. The largest absolute Gasteiger partial charge is 0.332 e. The molecule has 0 atom stereocenters. The van der Waals surface area contributed by atoms with Gasteiger partial charge in [0, 0.05) is 43.9 Å². The van der Waals surface area contributed by atoms with Gasteiger partial charge in [0.05, 0.1) is 6.33 Å². The minimum atomic E-state index is -0.440. The number of fused-ring (bicyclic) bond motifs is 1. The highest BCUT2D eigenvalue weighted by Gasteiger charge is 2.15. The highest BCUT2D eigenvalue weighted by atomic mass is 16.2. The fourth-order valence-electron chi connectivity index (χ4n) is 3.69. The maximum Gasteiger partial charge on any atom is 0.332 e. The molecule has 0 saturated heterocycles. The lowest BCUT2D eigenvalue weighted by Gasteiger charge is -2.09. The summed E-state index contributed by atoms with van der Waals surface area (Å²) in [7, 11) is 2.98. The molecule has 0 aliphatic heterocycles. The molecule has 0 aliphatic rings. The fraction of sp³-hybridized carbons (Fsp3) is 0.208. The van der Waals surface area contributed by atoms with Gasteiger partial charge in [0.15, 0.2) is 16.9 Å². The first-order valence-electron chi connectivity index (χ1n) is 10.5. The Kier molecular flexibility index (Phi) is 6.03. The van der Waals surface area contributed by atoms with E-state index < -0.39 is 11.2 Å². The van der Waals surface area contributed by atoms with Gasteiger partial charge in [-0.1, -0.05) is 42.5 Å². The Morgan fingerprint density at radius 1 is 0.939 bits per heavy atom. The molecule has 0 spiro atoms. The molecule has 2 aromatic carbocycles. The Bertz CT molecular complexity index is 1460. The zero-order valence-corrected chi connectivity index (χ0v) is 18.3. The summed E-state index contributed by atoms with van der Waals surface area (Å²) in [5, 5.41) is 2.82. The minimum absolute atomic E-state index is 0.116. The van der Waals surface area contributed by atoms with Crippen LogP contribution in [0, 0.1) is 0 Å². The number of anilines is 1. The van der Waals surface area contributed by atoms with Crippen LogP contribution in [0.15, 0.2) is 70.5 Å². The average Bonchev–Trinajstić information content (AvgIpc) is 3.25. The van der Waals surface area contributed by atoms with Crippen LogP contribution in [0.25, 0.3) is 11.2 Å². The molecule has 4 rings (SSSR count). The van der Waals surface area contributed by atoms with Gasteiger partial charge < -0.3 is 9.88 Å². The SMILES string of the molecule is Cn1c(=O)c2c(ncn2CCCC(=O)Nc2cccc(C(=O)c3ccccc3)c2)n(C)c1=O. The number of rotatable bonds is 7. The van der Waals surface area contributed by atoms with E-state index in [9.17, 15) is 19.2 Å². The number of amides is 1. The number of nitrogens with one attached hydrogen (secondary N) is 1. The number of aromatic nitrogens is 4. The van der Waals surface area contributed by atoms with Crippen molar-refractivity contribution in [1.29, 1.82) is 0 Å². The lowest BCUT2D eigenvalue weighted by molar-refractivity contribution is -0.116. The second kappa shape index (κ2) is 9.07. The Balaban J connectivity index is 1.40. The summed E-state index contributed by atoms with van der Waals surface area (Å²) in [6.07, 6.45) is 2.18. The molecule has 1 N–H and O–H groups in total. The van der Waals surface area contributed by atoms with E-state index in [-0.39, 0.29) is 18.1 Å². The number of ketones is 1. The van der Waals surface area contributed by atoms with Crippen LogP contribution in [0.4, 0.5) is 5.69 Å². The van der Waals surface area contributed by atoms with Gasteiger partial charge in [0.25, 0.3) is 5.56 Å². The number of carbonyl (C=O) groups excluding carboxylic acids is 2. The van der Waals surface area contributed by atoms with E-state index in [1.807, 2.05) is 6.07 Å². The van der Waals surface area contributed by atoms with Gasteiger partial charge in [0.2, 0.25) is 5.91 Å². The Morgan fingerprint density at radius 3 is 2.42 bits per heavy atom. The van der Waals surface area contributed by atoms with E-state index in [2.05, 4.69) is 10.3 Å². The van der Waals surface area contributed by atoms with Crippen LogP contribution in [0.2, 0.25) is 0 Å². The number of hydrogen-bond acceptors (Lipinski definition) is 5. The van der Waals surface area contributed by atoms with Gasteiger partial charge in [-0.25, -0.2) is 9.78 Å². The third-order valence-electron chi connectivity index (χ3n) is 5.46. The zero-order chi connectivity index (χ0) is 23.5. The Morgan fingerprint density at radius 2 is 1.67 bits per heavy atom. The van der Waals surface area contributed by atoms with Crippen molar-refractivity contribution < 1.29 is 9.59 Å². The van der Waals surface area contributed by atoms with Crippen molar-refractivity contribution in [2.45, 2.75) is 19.4 Å². The van der Waals surface area contributed by atoms with Crippen molar-refractivity contribution in [3.05, 3.63) is 92.9 Å². The smallest absolute Gasteiger partial charge is 0.326 e. The summed E-state index contributed by atoms with van der Waals surface area (Å²) >= 11 is 0. The maximum atomic E-state index is 12.6. The molecule has 0 fully saturated rings. The van der Waals surface area contributed by atoms with Crippen molar-refractivity contribution >= 4 is 28.5 Å². The lowest BCUT2D eigenvalue weighted by Crippen LogP contribution is -2.37. The molecule has 9 heteroatoms. The zero-order valence-electron chi connectivity index (χ0n) is 18.3. The molecule has 9 nitrogen and oxygen atoms in total. The molecule has 2 heterocycles. The first-order chi connectivity index (χ1) is 15.9. The number of hydrogen-bond donors (Lipinski definition) is 1. The molecule has 168 valence electrons. The molecule has 0 saturated carbocycles. The van der Waals surface area contributed by atoms with E-state index in [4.69, 9.17) is 0 Å². The van der Waals surface area contributed by atoms with Crippen LogP contribution in [-0.4, -0.2) is 30.4 Å². The summed E-state index contributed by atoms with van der Waals surface area (Å²) < 4.78 is 4.02. The molecule has 0 bridgehead atoms. The molecular formula is C24H23N5O4. The minimum Gasteiger partial charge on any atom is -0.326 e. The van der Waals surface area contributed by atoms with E-state index in [1.165, 1.54) is 17.9 Å². The summed E-state index contributed by atoms with van der Waals surface area (Å²) in [5.41, 5.74) is 1.39. The first kappa shape index (κ1) is 21.9. The number of benzene rings is 2. The summed E-state index contributed by atoms with van der Waals surface area (Å²) in [5.74, 6) is -0.321. The second-order valence-electron chi connectivity index (χ2n) is 7.74. The third-order valence-corrected chi connectivity index (χ3v) is 5.46. The molecule has 0 aliphatic carbocycles. The number of carbonyl (C=O) groups is 2. The molecule has 4 aromatic rings. The van der Waals surface area contributed by atoms with Gasteiger partial charge >= 0.3 is 5.69 Å². The van der Waals surface area contributed by atoms with E-state index in [0.29, 0.717) is 40.9 Å². The maximum absolute atomic E-state index is 12.6. The molecule has 2 aromatic heterocycles. The van der Waals surface area contributed by atoms with E-state index in [0.717, 1.165) is 4.57 Å². The molecule has 33 heavy (non-hydrogen) atoms. The second-order valence-corrected chi connectivity index (χ2v) is 7.74. The topological polar surface area (TPSA) is 108 Å². The van der Waals surface area contributed by atoms with E-state index in [1.54, 1.807) is 60.1 Å². The van der Waals surface area contributed by atoms with Crippen LogP contribution in [-0.2, 0) is 25.4 Å². The van der Waals surface area contributed by atoms with Crippen molar-refractivity contribution in [2.75, 3.05) is 5.32 Å². The quantitative estimate of drug-likeness (QED) is 0.438. The van der Waals surface area contributed by atoms with Gasteiger partial charge in [0.1, 0.15) is 0 Å². The highest BCUT2D eigenvalue weighted by molar-refractivity contribution is 6.09. The lowest BCUT2D eigenvalue weighted by atomic mass is 10.0. The van der Waals surface area contributed by atoms with Gasteiger partial charge in [-0.3, -0.25) is 23.5 Å². The summed E-state index contributed by atoms with van der Waals surface area (Å²) in [6, 6.07) is 15.8. The van der Waals surface area contributed by atoms with Gasteiger partial charge in [-0.2, -0.15) is 0 Å². The number of nitrogens with zero attached hydrogens (tertiary/aromatic N) is 4. The summed E-state index contributed by atoms with van der Waals surface area (Å²) in [4.78, 5) is 53.8. The summed E-state index contributed by atoms with van der Waals surface area (Å²) in [6.45, 7) is 0.393. The van der Waals surface area contributed by atoms with Crippen LogP contribution in [0.5, 0.6) is 0 Å². The standard InChI is InChI=1S/C24H23N5O4/c1-27-22-20(23(32)28(2)24(27)33)29(15-25-22)13-7-12-19(30)26-18-11-6-10-17(14-18)21(31)16-8-4-3-5-9-16/h3-6,8-11,14-15H,7,12-13H2,1-2H3,(H,26,30). The predicted molar refractivity (Wildman–Crippen MR) is 124 cm³/mol. The van der Waals surface area contributed by atoms with E-state index >= 15 is 0 Å². The van der Waals surface area contributed by atoms with Gasteiger partial charge in [-0.15, -0.1) is 0 Å². The van der Waals surface area contributed by atoms with Crippen molar-refractivity contribution in [2.24, 2.45) is 14.1 Å². The molecule has 0 radical (unpaired) electrons. The van der Waals surface area contributed by atoms with Crippen LogP contribution in [0.1, 0.15) is 28.8 Å². The van der Waals surface area contributed by atoms with Crippen LogP contribution < -0.4 is 16.6 Å². The van der Waals surface area contributed by atoms with Crippen molar-refractivity contribution in [3.8, 4) is 0 Å². The van der Waals surface area contributed by atoms with Crippen LogP contribution >= 0.6 is 0 Å². The van der Waals surface area contributed by atoms with Gasteiger partial charge in [-0.05, 0) is 18.6 Å². The number of aryl methyl sites for hydroxylation is 2. The molecular weight excluding hydrogens is 422 g/mol. The fourth-order valence-corrected chi connectivity index (χ4v) is 3.69. The molecule has 1 amide bonds. The number of imidazole rings is 1. The Hall–Kier alpha value is -4.27. The normalized spacial score (nSPS) is 11.0. The molecule has 0 unspecified atom stereocenters. The monoisotopic (exact) mass is 445 g/mol. The average molecular weight is 445 g/mol.